The largest absolute Gasteiger partial charge is 0.756 e. The molecule has 0 saturated carbocycles. The van der Waals surface area contributed by atoms with E-state index in [1.165, 1.54) is 122 Å². The second kappa shape index (κ2) is 67.1. The lowest BCUT2D eigenvalue weighted by atomic mass is 10.0. The number of hydrogen-bond acceptors (Lipinski definition) is 7. The van der Waals surface area contributed by atoms with Crippen LogP contribution in [-0.2, 0) is 27.9 Å². The number of ether oxygens (including phenoxy) is 1. The number of quaternary nitrogens is 1. The van der Waals surface area contributed by atoms with Crippen LogP contribution in [0.5, 0.6) is 0 Å². The molecule has 0 saturated heterocycles. The summed E-state index contributed by atoms with van der Waals surface area (Å²) < 4.78 is 30.5. The van der Waals surface area contributed by atoms with Crippen LogP contribution in [-0.4, -0.2) is 69.4 Å². The smallest absolute Gasteiger partial charge is 0.306 e. The number of amides is 1. The van der Waals surface area contributed by atoms with Crippen molar-refractivity contribution in [3.05, 3.63) is 134 Å². The molecule has 0 fully saturated rings. The molecule has 10 heteroatoms. The van der Waals surface area contributed by atoms with Crippen LogP contribution in [0.1, 0.15) is 303 Å². The van der Waals surface area contributed by atoms with Gasteiger partial charge in [0.1, 0.15) is 19.3 Å². The van der Waals surface area contributed by atoms with Crippen LogP contribution in [0.2, 0.25) is 0 Å². The van der Waals surface area contributed by atoms with Crippen LogP contribution in [0.4, 0.5) is 0 Å². The number of unbranched alkanes of at least 4 members (excludes halogenated alkanes) is 29. The van der Waals surface area contributed by atoms with Crippen LogP contribution < -0.4 is 10.2 Å². The van der Waals surface area contributed by atoms with E-state index in [-0.39, 0.29) is 24.9 Å². The van der Waals surface area contributed by atoms with Crippen LogP contribution in [0, 0.1) is 0 Å². The van der Waals surface area contributed by atoms with Gasteiger partial charge in [-0.3, -0.25) is 14.2 Å². The molecule has 1 N–H and O–H groups in total. The van der Waals surface area contributed by atoms with Gasteiger partial charge in [-0.2, -0.15) is 0 Å². The first-order valence-electron chi connectivity index (χ1n) is 36.5. The molecule has 0 rings (SSSR count). The molecule has 9 nitrogen and oxygen atoms in total. The molecule has 0 aliphatic rings. The fourth-order valence-corrected chi connectivity index (χ4v) is 10.8. The van der Waals surface area contributed by atoms with Crippen molar-refractivity contribution < 1.29 is 37.3 Å². The Bertz CT molecular complexity index is 1990. The summed E-state index contributed by atoms with van der Waals surface area (Å²) in [5, 5.41) is 3.04. The van der Waals surface area contributed by atoms with Gasteiger partial charge in [0.15, 0.2) is 0 Å². The summed E-state index contributed by atoms with van der Waals surface area (Å²) in [6.07, 6.45) is 95.7. The third kappa shape index (κ3) is 68.4. The Morgan fingerprint density at radius 3 is 1.08 bits per heavy atom. The number of phosphoric acid groups is 1. The van der Waals surface area contributed by atoms with E-state index in [4.69, 9.17) is 13.8 Å². The summed E-state index contributed by atoms with van der Waals surface area (Å²) in [5.74, 6) is -0.557. The third-order valence-corrected chi connectivity index (χ3v) is 16.5. The summed E-state index contributed by atoms with van der Waals surface area (Å²) in [6, 6.07) is -0.905. The molecule has 0 aliphatic heterocycles. The van der Waals surface area contributed by atoms with Gasteiger partial charge in [0.05, 0.1) is 33.8 Å². The molecule has 0 spiro atoms. The summed E-state index contributed by atoms with van der Waals surface area (Å²) >= 11 is 0. The van der Waals surface area contributed by atoms with Crippen LogP contribution in [0.3, 0.4) is 0 Å². The van der Waals surface area contributed by atoms with Crippen LogP contribution in [0.25, 0.3) is 0 Å². The SMILES string of the molecule is CC/C=C\C/C=C\C/C=C\C/C=C\C/C=C\CCCCCCCCCCCC(=O)NC(COP(=O)([O-])OCC[N+](C)(C)C)C(/C=C/CCCCCCCCCCCCC)OC(=O)CCCCCCCCCCC/C=C\C/C=C\C/C=C\C/C=C\C/C=C\CC. The zero-order valence-corrected chi connectivity index (χ0v) is 59.2. The predicted molar refractivity (Wildman–Crippen MR) is 385 cm³/mol. The van der Waals surface area contributed by atoms with Crippen molar-refractivity contribution in [2.45, 2.75) is 315 Å². The molecular formula is C79H137N2O7P. The van der Waals surface area contributed by atoms with Gasteiger partial charge in [-0.05, 0) is 122 Å². The fraction of sp³-hybridized carbons (Fsp3) is 0.696. The summed E-state index contributed by atoms with van der Waals surface area (Å²) in [4.78, 5) is 40.3. The van der Waals surface area contributed by atoms with E-state index in [9.17, 15) is 19.0 Å². The highest BCUT2D eigenvalue weighted by atomic mass is 31.2. The van der Waals surface area contributed by atoms with Crippen molar-refractivity contribution in [3.8, 4) is 0 Å². The van der Waals surface area contributed by atoms with Crippen molar-refractivity contribution in [1.29, 1.82) is 0 Å². The number of esters is 1. The minimum atomic E-state index is -4.72. The molecule has 3 atom stereocenters. The number of phosphoric ester groups is 1. The molecule has 0 bridgehead atoms. The van der Waals surface area contributed by atoms with E-state index >= 15 is 0 Å². The zero-order chi connectivity index (χ0) is 64.9. The average Bonchev–Trinajstić information content (AvgIpc) is 3.67. The molecule has 0 aromatic carbocycles. The first-order valence-corrected chi connectivity index (χ1v) is 38.0. The lowest BCUT2D eigenvalue weighted by Gasteiger charge is -2.30. The van der Waals surface area contributed by atoms with Crippen molar-refractivity contribution in [1.82, 2.24) is 5.32 Å². The minimum Gasteiger partial charge on any atom is -0.756 e. The van der Waals surface area contributed by atoms with Crippen LogP contribution >= 0.6 is 7.82 Å². The van der Waals surface area contributed by atoms with Gasteiger partial charge < -0.3 is 28.5 Å². The van der Waals surface area contributed by atoms with E-state index in [1.807, 2.05) is 33.3 Å². The molecule has 1 amide bonds. The second-order valence-corrected chi connectivity index (χ2v) is 26.7. The van der Waals surface area contributed by atoms with Gasteiger partial charge >= 0.3 is 5.97 Å². The normalized spacial score (nSPS) is 14.3. The Morgan fingerprint density at radius 2 is 0.719 bits per heavy atom. The summed E-state index contributed by atoms with van der Waals surface area (Å²) in [6.45, 7) is 6.62. The van der Waals surface area contributed by atoms with Gasteiger partial charge in [-0.15, -0.1) is 0 Å². The Labute approximate surface area is 549 Å². The highest BCUT2D eigenvalue weighted by Gasteiger charge is 2.27. The number of hydrogen-bond donors (Lipinski definition) is 1. The maximum Gasteiger partial charge on any atom is 0.306 e. The van der Waals surface area contributed by atoms with Gasteiger partial charge in [-0.25, -0.2) is 0 Å². The first kappa shape index (κ1) is 85.2. The molecule has 0 heterocycles. The number of nitrogens with zero attached hydrogens (tertiary/aromatic N) is 1. The van der Waals surface area contributed by atoms with Crippen molar-refractivity contribution in [3.63, 3.8) is 0 Å². The summed E-state index contributed by atoms with van der Waals surface area (Å²) in [7, 11) is 1.16. The number of carbonyl (C=O) groups is 2. The first-order chi connectivity index (χ1) is 43.4. The molecule has 3 unspecified atom stereocenters. The lowest BCUT2D eigenvalue weighted by Crippen LogP contribution is -2.47. The Morgan fingerprint density at radius 1 is 0.404 bits per heavy atom. The highest BCUT2D eigenvalue weighted by molar-refractivity contribution is 7.45. The molecular weight excluding hydrogens is 1120 g/mol. The quantitative estimate of drug-likeness (QED) is 0.0212. The van der Waals surface area contributed by atoms with Gasteiger partial charge in [0.2, 0.25) is 5.91 Å². The van der Waals surface area contributed by atoms with Crippen molar-refractivity contribution >= 4 is 19.7 Å². The lowest BCUT2D eigenvalue weighted by molar-refractivity contribution is -0.870. The number of allylic oxidation sites excluding steroid dienone is 21. The zero-order valence-electron chi connectivity index (χ0n) is 58.3. The third-order valence-electron chi connectivity index (χ3n) is 15.6. The fourth-order valence-electron chi connectivity index (χ4n) is 10.0. The molecule has 0 aromatic heterocycles. The van der Waals surface area contributed by atoms with Gasteiger partial charge in [-0.1, -0.05) is 302 Å². The maximum absolute atomic E-state index is 13.6. The highest BCUT2D eigenvalue weighted by Crippen LogP contribution is 2.38. The second-order valence-electron chi connectivity index (χ2n) is 25.3. The number of rotatable bonds is 65. The summed E-state index contributed by atoms with van der Waals surface area (Å²) in [5.41, 5.74) is 0. The maximum atomic E-state index is 13.6. The molecule has 0 radical (unpaired) electrons. The van der Waals surface area contributed by atoms with E-state index in [0.717, 1.165) is 148 Å². The average molecular weight is 1260 g/mol. The van der Waals surface area contributed by atoms with E-state index in [2.05, 4.69) is 148 Å². The van der Waals surface area contributed by atoms with E-state index in [1.54, 1.807) is 0 Å². The van der Waals surface area contributed by atoms with E-state index < -0.39 is 26.6 Å². The van der Waals surface area contributed by atoms with Crippen molar-refractivity contribution in [2.24, 2.45) is 0 Å². The van der Waals surface area contributed by atoms with E-state index in [0.29, 0.717) is 17.4 Å². The van der Waals surface area contributed by atoms with Crippen LogP contribution in [0.15, 0.2) is 134 Å². The van der Waals surface area contributed by atoms with Crippen molar-refractivity contribution in [2.75, 3.05) is 40.9 Å². The number of likely N-dealkylation sites (N-methyl/N-ethyl adjacent to an activating group) is 1. The number of nitrogens with one attached hydrogen (secondary N) is 1. The number of carbonyl (C=O) groups excluding carboxylic acids is 2. The minimum absolute atomic E-state index is 0.0309. The predicted octanol–water partition coefficient (Wildman–Crippen LogP) is 22.9. The monoisotopic (exact) mass is 1260 g/mol. The Balaban J connectivity index is 5.12. The molecule has 510 valence electrons. The molecule has 0 aromatic rings. The Hall–Kier alpha value is -3.85. The van der Waals surface area contributed by atoms with Gasteiger partial charge in [0.25, 0.3) is 7.82 Å². The standard InChI is InChI=1S/C79H137N2O7P/c1-7-10-13-16-19-22-25-28-30-32-34-36-38-40-42-44-46-48-50-53-56-59-62-65-68-71-78(82)80-76(75-87-89(84,85)86-74-73-81(4,5)6)77(70-67-64-61-58-55-52-27-24-21-18-15-12-9-3)88-79(83)72-69-66-63-60-57-54-51-49-47-45-43-41-39-37-35-33-31-29-26-23-20-17-14-11-8-2/h10-11,13-14,19-20,22-23,28-31,34-37,40-43,67,70,76-77H,7-9,12,15-18,21,24-27,32-33,38-39,44-66,68-69,71-75H2,1-6H3,(H-,80,82,84,85)/b13-10-,14-11-,22-19-,23-20-,30-28-,31-29-,36-34-,37-35-,42-40-,43-41-,70-67+. The Kier molecular flexibility index (Phi) is 64.2. The topological polar surface area (TPSA) is 114 Å². The molecule has 89 heavy (non-hydrogen) atoms. The molecule has 0 aliphatic carbocycles. The van der Waals surface area contributed by atoms with Gasteiger partial charge in [0, 0.05) is 12.8 Å².